The number of anilines is 2. The van der Waals surface area contributed by atoms with Crippen LogP contribution in [-0.2, 0) is 11.2 Å². The van der Waals surface area contributed by atoms with E-state index in [2.05, 4.69) is 20.4 Å². The van der Waals surface area contributed by atoms with E-state index in [4.69, 9.17) is 9.47 Å². The van der Waals surface area contributed by atoms with Crippen molar-refractivity contribution in [3.8, 4) is 22.8 Å². The van der Waals surface area contributed by atoms with Gasteiger partial charge in [-0.25, -0.2) is 0 Å². The molecule has 0 saturated carbocycles. The van der Waals surface area contributed by atoms with Crippen molar-refractivity contribution in [1.29, 1.82) is 0 Å². The summed E-state index contributed by atoms with van der Waals surface area (Å²) in [6.45, 7) is 2.09. The zero-order valence-electron chi connectivity index (χ0n) is 18.5. The second kappa shape index (κ2) is 10.1. The van der Waals surface area contributed by atoms with Gasteiger partial charge in [-0.3, -0.25) is 4.79 Å². The summed E-state index contributed by atoms with van der Waals surface area (Å²) in [5, 5.41) is 11.7. The highest BCUT2D eigenvalue weighted by Gasteiger charge is 2.13. The number of carbonyl (C=O) groups excluding carboxylic acids is 1. The molecule has 1 aliphatic rings. The third kappa shape index (κ3) is 5.17. The Morgan fingerprint density at radius 3 is 2.31 bits per heavy atom. The van der Waals surface area contributed by atoms with E-state index in [0.29, 0.717) is 11.5 Å². The highest BCUT2D eigenvalue weighted by molar-refractivity contribution is 5.92. The third-order valence-electron chi connectivity index (χ3n) is 5.61. The summed E-state index contributed by atoms with van der Waals surface area (Å²) in [7, 11) is 3.16. The van der Waals surface area contributed by atoms with E-state index in [1.54, 1.807) is 20.3 Å². The van der Waals surface area contributed by atoms with E-state index in [0.717, 1.165) is 41.4 Å². The molecular weight excluding hydrogens is 404 g/mol. The standard InChI is InChI=1S/C25H28N4O3/c1-31-22-12-6-18(16-23(22)32-2)17-25(30)26-20-9-7-19(8-10-20)21-11-13-24(28-27-21)29-14-4-3-5-15-29/h6-13,16H,3-5,14-15,17H2,1-2H3,(H,26,30). The average molecular weight is 433 g/mol. The monoisotopic (exact) mass is 432 g/mol. The predicted molar refractivity (Wildman–Crippen MR) is 125 cm³/mol. The van der Waals surface area contributed by atoms with Crippen molar-refractivity contribution in [2.75, 3.05) is 37.5 Å². The third-order valence-corrected chi connectivity index (χ3v) is 5.61. The maximum Gasteiger partial charge on any atom is 0.228 e. The van der Waals surface area contributed by atoms with Crippen molar-refractivity contribution in [3.63, 3.8) is 0 Å². The minimum atomic E-state index is -0.101. The molecular formula is C25H28N4O3. The van der Waals surface area contributed by atoms with Gasteiger partial charge in [-0.15, -0.1) is 10.2 Å². The number of nitrogens with zero attached hydrogens (tertiary/aromatic N) is 3. The highest BCUT2D eigenvalue weighted by Crippen LogP contribution is 2.28. The Kier molecular flexibility index (Phi) is 6.84. The quantitative estimate of drug-likeness (QED) is 0.599. The predicted octanol–water partition coefficient (Wildman–Crippen LogP) is 4.33. The fraction of sp³-hybridized carbons (Fsp3) is 0.320. The zero-order chi connectivity index (χ0) is 22.3. The Morgan fingerprint density at radius 1 is 0.906 bits per heavy atom. The van der Waals surface area contributed by atoms with Crippen molar-refractivity contribution < 1.29 is 14.3 Å². The molecule has 166 valence electrons. The smallest absolute Gasteiger partial charge is 0.228 e. The molecule has 1 N–H and O–H groups in total. The normalized spacial score (nSPS) is 13.5. The van der Waals surface area contributed by atoms with Crippen LogP contribution in [0.25, 0.3) is 11.3 Å². The van der Waals surface area contributed by atoms with Crippen molar-refractivity contribution in [2.24, 2.45) is 0 Å². The van der Waals surface area contributed by atoms with Gasteiger partial charge in [0.15, 0.2) is 17.3 Å². The number of carbonyl (C=O) groups is 1. The molecule has 0 radical (unpaired) electrons. The van der Waals surface area contributed by atoms with Crippen LogP contribution in [0, 0.1) is 0 Å². The van der Waals surface area contributed by atoms with Gasteiger partial charge in [0, 0.05) is 24.3 Å². The minimum absolute atomic E-state index is 0.101. The highest BCUT2D eigenvalue weighted by atomic mass is 16.5. The van der Waals surface area contributed by atoms with Crippen molar-refractivity contribution in [2.45, 2.75) is 25.7 Å². The number of piperidine rings is 1. The Morgan fingerprint density at radius 2 is 1.66 bits per heavy atom. The van der Waals surface area contributed by atoms with Crippen molar-refractivity contribution >= 4 is 17.4 Å². The average Bonchev–Trinajstić information content (AvgIpc) is 2.85. The summed E-state index contributed by atoms with van der Waals surface area (Å²) in [4.78, 5) is 14.8. The number of nitrogens with one attached hydrogen (secondary N) is 1. The molecule has 3 aromatic rings. The number of benzene rings is 2. The maximum atomic E-state index is 12.5. The van der Waals surface area contributed by atoms with Gasteiger partial charge in [-0.1, -0.05) is 18.2 Å². The molecule has 2 heterocycles. The second-order valence-corrected chi connectivity index (χ2v) is 7.82. The zero-order valence-corrected chi connectivity index (χ0v) is 18.5. The fourth-order valence-electron chi connectivity index (χ4n) is 3.88. The first-order valence-corrected chi connectivity index (χ1v) is 10.9. The van der Waals surface area contributed by atoms with Gasteiger partial charge < -0.3 is 19.7 Å². The number of hydrogen-bond acceptors (Lipinski definition) is 6. The van der Waals surface area contributed by atoms with Gasteiger partial charge in [0.05, 0.1) is 26.3 Å². The van der Waals surface area contributed by atoms with E-state index < -0.39 is 0 Å². The molecule has 1 aliphatic heterocycles. The van der Waals surface area contributed by atoms with Gasteiger partial charge in [-0.05, 0) is 61.2 Å². The van der Waals surface area contributed by atoms with Crippen LogP contribution in [0.2, 0.25) is 0 Å². The molecule has 0 unspecified atom stereocenters. The number of ether oxygens (including phenoxy) is 2. The van der Waals surface area contributed by atoms with Crippen molar-refractivity contribution in [3.05, 3.63) is 60.2 Å². The van der Waals surface area contributed by atoms with Gasteiger partial charge in [0.1, 0.15) is 0 Å². The molecule has 1 aromatic heterocycles. The van der Waals surface area contributed by atoms with Crippen LogP contribution in [0.1, 0.15) is 24.8 Å². The molecule has 2 aromatic carbocycles. The number of aromatic nitrogens is 2. The molecule has 1 fully saturated rings. The molecule has 0 atom stereocenters. The largest absolute Gasteiger partial charge is 0.493 e. The molecule has 0 aliphatic carbocycles. The first-order chi connectivity index (χ1) is 15.7. The lowest BCUT2D eigenvalue weighted by atomic mass is 10.1. The topological polar surface area (TPSA) is 76.6 Å². The van der Waals surface area contributed by atoms with Crippen molar-refractivity contribution in [1.82, 2.24) is 10.2 Å². The van der Waals surface area contributed by atoms with Crippen LogP contribution < -0.4 is 19.7 Å². The Balaban J connectivity index is 1.36. The van der Waals surface area contributed by atoms with Crippen LogP contribution in [-0.4, -0.2) is 43.4 Å². The molecule has 7 heteroatoms. The molecule has 0 spiro atoms. The van der Waals surface area contributed by atoms with E-state index in [1.807, 2.05) is 48.5 Å². The number of methoxy groups -OCH3 is 2. The second-order valence-electron chi connectivity index (χ2n) is 7.82. The van der Waals surface area contributed by atoms with E-state index in [1.165, 1.54) is 19.3 Å². The van der Waals surface area contributed by atoms with Crippen LogP contribution in [0.3, 0.4) is 0 Å². The molecule has 1 amide bonds. The van der Waals surface area contributed by atoms with E-state index >= 15 is 0 Å². The summed E-state index contributed by atoms with van der Waals surface area (Å²) in [5.41, 5.74) is 3.35. The molecule has 7 nitrogen and oxygen atoms in total. The fourth-order valence-corrected chi connectivity index (χ4v) is 3.88. The number of amides is 1. The Hall–Kier alpha value is -3.61. The summed E-state index contributed by atoms with van der Waals surface area (Å²) in [6, 6.07) is 17.1. The lowest BCUT2D eigenvalue weighted by molar-refractivity contribution is -0.115. The summed E-state index contributed by atoms with van der Waals surface area (Å²) < 4.78 is 10.5. The minimum Gasteiger partial charge on any atom is -0.493 e. The lowest BCUT2D eigenvalue weighted by Gasteiger charge is -2.27. The Labute approximate surface area is 188 Å². The maximum absolute atomic E-state index is 12.5. The Bertz CT molecular complexity index is 1050. The summed E-state index contributed by atoms with van der Waals surface area (Å²) in [5.74, 6) is 2.08. The van der Waals surface area contributed by atoms with Gasteiger partial charge in [0.2, 0.25) is 5.91 Å². The number of hydrogen-bond donors (Lipinski definition) is 1. The summed E-state index contributed by atoms with van der Waals surface area (Å²) in [6.07, 6.45) is 3.95. The lowest BCUT2D eigenvalue weighted by Crippen LogP contribution is -2.30. The van der Waals surface area contributed by atoms with Gasteiger partial charge in [0.25, 0.3) is 0 Å². The van der Waals surface area contributed by atoms with E-state index in [9.17, 15) is 4.79 Å². The van der Waals surface area contributed by atoms with Crippen LogP contribution in [0.5, 0.6) is 11.5 Å². The first kappa shape index (κ1) is 21.6. The molecule has 32 heavy (non-hydrogen) atoms. The van der Waals surface area contributed by atoms with Gasteiger partial charge >= 0.3 is 0 Å². The molecule has 1 saturated heterocycles. The van der Waals surface area contributed by atoms with Crippen LogP contribution in [0.15, 0.2) is 54.6 Å². The summed E-state index contributed by atoms with van der Waals surface area (Å²) >= 11 is 0. The molecule has 0 bridgehead atoms. The first-order valence-electron chi connectivity index (χ1n) is 10.9. The van der Waals surface area contributed by atoms with Gasteiger partial charge in [-0.2, -0.15) is 0 Å². The SMILES string of the molecule is COc1ccc(CC(=O)Nc2ccc(-c3ccc(N4CCCCC4)nn3)cc2)cc1OC. The number of rotatable bonds is 7. The van der Waals surface area contributed by atoms with Crippen LogP contribution in [0.4, 0.5) is 11.5 Å². The van der Waals surface area contributed by atoms with Crippen LogP contribution >= 0.6 is 0 Å². The van der Waals surface area contributed by atoms with E-state index in [-0.39, 0.29) is 12.3 Å². The molecule has 4 rings (SSSR count).